The lowest BCUT2D eigenvalue weighted by atomic mass is 10.5. The molecule has 7 heteroatoms. The zero-order chi connectivity index (χ0) is 12.3. The van der Waals surface area contributed by atoms with Crippen LogP contribution in [0.2, 0.25) is 0 Å². The molecule has 0 atom stereocenters. The van der Waals surface area contributed by atoms with E-state index < -0.39 is 0 Å². The zero-order valence-electron chi connectivity index (χ0n) is 9.39. The highest BCUT2D eigenvalue weighted by molar-refractivity contribution is 9.10. The van der Waals surface area contributed by atoms with Gasteiger partial charge in [-0.05, 0) is 35.0 Å². The van der Waals surface area contributed by atoms with Crippen LogP contribution >= 0.6 is 27.7 Å². The van der Waals surface area contributed by atoms with Crippen molar-refractivity contribution in [2.45, 2.75) is 30.9 Å². The monoisotopic (exact) mass is 316 g/mol. The van der Waals surface area contributed by atoms with Gasteiger partial charge in [0.15, 0.2) is 9.83 Å². The van der Waals surface area contributed by atoms with Crippen LogP contribution in [0.15, 0.2) is 26.4 Å². The minimum atomic E-state index is 0.410. The summed E-state index contributed by atoms with van der Waals surface area (Å²) < 4.78 is 8.19. The molecule has 0 unspecified atom stereocenters. The van der Waals surface area contributed by atoms with Gasteiger partial charge in [0.1, 0.15) is 11.6 Å². The Morgan fingerprint density at radius 1 is 1.47 bits per heavy atom. The lowest BCUT2D eigenvalue weighted by Crippen LogP contribution is -2.07. The van der Waals surface area contributed by atoms with Crippen LogP contribution in [0.3, 0.4) is 0 Å². The van der Waals surface area contributed by atoms with E-state index in [0.717, 1.165) is 33.7 Å². The van der Waals surface area contributed by atoms with E-state index in [1.807, 2.05) is 16.7 Å². The molecule has 17 heavy (non-hydrogen) atoms. The molecule has 2 rings (SSSR count). The topological polar surface area (TPSA) is 69.9 Å². The Bertz CT molecular complexity index is 496. The SMILES string of the molecule is CCn1c(CN)nnc1SCc1ccc(Br)o1. The molecule has 2 aromatic rings. The fraction of sp³-hybridized carbons (Fsp3) is 0.400. The first-order valence-corrected chi connectivity index (χ1v) is 7.01. The smallest absolute Gasteiger partial charge is 0.191 e. The van der Waals surface area contributed by atoms with Gasteiger partial charge in [-0.2, -0.15) is 0 Å². The molecule has 0 spiro atoms. The van der Waals surface area contributed by atoms with E-state index in [0.29, 0.717) is 6.54 Å². The van der Waals surface area contributed by atoms with Crippen LogP contribution in [0.1, 0.15) is 18.5 Å². The molecular formula is C10H13BrN4OS. The fourth-order valence-corrected chi connectivity index (χ4v) is 2.71. The third kappa shape index (κ3) is 2.91. The number of furan rings is 1. The third-order valence-electron chi connectivity index (χ3n) is 2.26. The Hall–Kier alpha value is -0.790. The highest BCUT2D eigenvalue weighted by atomic mass is 79.9. The molecule has 0 saturated carbocycles. The molecule has 0 saturated heterocycles. The molecule has 0 amide bonds. The second-order valence-electron chi connectivity index (χ2n) is 3.34. The quantitative estimate of drug-likeness (QED) is 0.858. The van der Waals surface area contributed by atoms with Gasteiger partial charge in [0.2, 0.25) is 0 Å². The molecule has 2 aromatic heterocycles. The number of nitrogens with zero attached hydrogens (tertiary/aromatic N) is 3. The van der Waals surface area contributed by atoms with Crippen LogP contribution in [0.5, 0.6) is 0 Å². The van der Waals surface area contributed by atoms with Crippen molar-refractivity contribution in [3.63, 3.8) is 0 Å². The van der Waals surface area contributed by atoms with Crippen LogP contribution in [-0.4, -0.2) is 14.8 Å². The van der Waals surface area contributed by atoms with Gasteiger partial charge in [-0.25, -0.2) is 0 Å². The van der Waals surface area contributed by atoms with Crippen molar-refractivity contribution >= 4 is 27.7 Å². The summed E-state index contributed by atoms with van der Waals surface area (Å²) in [4.78, 5) is 0. The number of hydrogen-bond donors (Lipinski definition) is 1. The van der Waals surface area contributed by atoms with Crippen molar-refractivity contribution in [1.29, 1.82) is 0 Å². The fourth-order valence-electron chi connectivity index (χ4n) is 1.46. The molecule has 0 aliphatic heterocycles. The predicted molar refractivity (Wildman–Crippen MR) is 69.6 cm³/mol. The first-order chi connectivity index (χ1) is 8.24. The molecule has 2 heterocycles. The number of thioether (sulfide) groups is 1. The van der Waals surface area contributed by atoms with Gasteiger partial charge in [0.05, 0.1) is 12.3 Å². The average molecular weight is 317 g/mol. The molecule has 0 aromatic carbocycles. The summed E-state index contributed by atoms with van der Waals surface area (Å²) in [6, 6.07) is 3.82. The molecule has 92 valence electrons. The molecule has 0 bridgehead atoms. The van der Waals surface area contributed by atoms with Gasteiger partial charge in [0, 0.05) is 6.54 Å². The first-order valence-electron chi connectivity index (χ1n) is 5.23. The highest BCUT2D eigenvalue weighted by Crippen LogP contribution is 2.24. The minimum Gasteiger partial charge on any atom is -0.453 e. The highest BCUT2D eigenvalue weighted by Gasteiger charge is 2.10. The lowest BCUT2D eigenvalue weighted by molar-refractivity contribution is 0.506. The largest absolute Gasteiger partial charge is 0.453 e. The summed E-state index contributed by atoms with van der Waals surface area (Å²) in [5.41, 5.74) is 5.59. The summed E-state index contributed by atoms with van der Waals surface area (Å²) in [6.07, 6.45) is 0. The van der Waals surface area contributed by atoms with E-state index >= 15 is 0 Å². The van der Waals surface area contributed by atoms with E-state index in [1.54, 1.807) is 11.8 Å². The molecule has 5 nitrogen and oxygen atoms in total. The molecule has 0 aliphatic rings. The average Bonchev–Trinajstić information content (AvgIpc) is 2.91. The summed E-state index contributed by atoms with van der Waals surface area (Å²) in [5, 5.41) is 9.05. The standard InChI is InChI=1S/C10H13BrN4OS/c1-2-15-9(5-12)13-14-10(15)17-6-7-3-4-8(11)16-7/h3-4H,2,5-6,12H2,1H3. The first kappa shape index (κ1) is 12.7. The summed E-state index contributed by atoms with van der Waals surface area (Å²) in [6.45, 7) is 3.29. The second-order valence-corrected chi connectivity index (χ2v) is 5.07. The molecule has 0 radical (unpaired) electrons. The Labute approximate surface area is 112 Å². The molecule has 0 fully saturated rings. The Morgan fingerprint density at radius 2 is 2.29 bits per heavy atom. The Kier molecular flexibility index (Phi) is 4.25. The van der Waals surface area contributed by atoms with Crippen molar-refractivity contribution in [2.75, 3.05) is 0 Å². The lowest BCUT2D eigenvalue weighted by Gasteiger charge is -2.04. The van der Waals surface area contributed by atoms with E-state index in [1.165, 1.54) is 0 Å². The number of rotatable bonds is 5. The van der Waals surface area contributed by atoms with Crippen molar-refractivity contribution < 1.29 is 4.42 Å². The maximum Gasteiger partial charge on any atom is 0.191 e. The van der Waals surface area contributed by atoms with Gasteiger partial charge in [0.25, 0.3) is 0 Å². The van der Waals surface area contributed by atoms with Crippen LogP contribution in [0.4, 0.5) is 0 Å². The van der Waals surface area contributed by atoms with E-state index in [-0.39, 0.29) is 0 Å². The van der Waals surface area contributed by atoms with Crippen molar-refractivity contribution in [3.8, 4) is 0 Å². The molecule has 2 N–H and O–H groups in total. The summed E-state index contributed by atoms with van der Waals surface area (Å²) in [7, 11) is 0. The number of aromatic nitrogens is 3. The van der Waals surface area contributed by atoms with Crippen LogP contribution in [0, 0.1) is 0 Å². The van der Waals surface area contributed by atoms with E-state index in [4.69, 9.17) is 10.2 Å². The zero-order valence-corrected chi connectivity index (χ0v) is 11.8. The Balaban J connectivity index is 2.06. The predicted octanol–water partition coefficient (Wildman–Crippen LogP) is 2.40. The molecule has 0 aliphatic carbocycles. The van der Waals surface area contributed by atoms with E-state index in [9.17, 15) is 0 Å². The summed E-state index contributed by atoms with van der Waals surface area (Å²) in [5.74, 6) is 2.45. The third-order valence-corrected chi connectivity index (χ3v) is 3.68. The van der Waals surface area contributed by atoms with Crippen molar-refractivity contribution in [2.24, 2.45) is 5.73 Å². The minimum absolute atomic E-state index is 0.410. The van der Waals surface area contributed by atoms with E-state index in [2.05, 4.69) is 33.1 Å². The van der Waals surface area contributed by atoms with Gasteiger partial charge in [-0.15, -0.1) is 10.2 Å². The Morgan fingerprint density at radius 3 is 2.88 bits per heavy atom. The maximum absolute atomic E-state index is 5.59. The van der Waals surface area contributed by atoms with Crippen LogP contribution in [-0.2, 0) is 18.8 Å². The summed E-state index contributed by atoms with van der Waals surface area (Å²) >= 11 is 4.87. The number of halogens is 1. The number of hydrogen-bond acceptors (Lipinski definition) is 5. The second kappa shape index (κ2) is 5.70. The van der Waals surface area contributed by atoms with Gasteiger partial charge < -0.3 is 14.7 Å². The van der Waals surface area contributed by atoms with Gasteiger partial charge in [-0.1, -0.05) is 11.8 Å². The van der Waals surface area contributed by atoms with Crippen molar-refractivity contribution in [1.82, 2.24) is 14.8 Å². The van der Waals surface area contributed by atoms with Crippen molar-refractivity contribution in [3.05, 3.63) is 28.4 Å². The van der Waals surface area contributed by atoms with Crippen LogP contribution in [0.25, 0.3) is 0 Å². The maximum atomic E-state index is 5.59. The van der Waals surface area contributed by atoms with Crippen LogP contribution < -0.4 is 5.73 Å². The normalized spacial score (nSPS) is 11.0. The number of nitrogens with two attached hydrogens (primary N) is 1. The molecular weight excluding hydrogens is 304 g/mol. The van der Waals surface area contributed by atoms with Gasteiger partial charge >= 0.3 is 0 Å². The van der Waals surface area contributed by atoms with Gasteiger partial charge in [-0.3, -0.25) is 0 Å².